The summed E-state index contributed by atoms with van der Waals surface area (Å²) in [5.41, 5.74) is 0.335. The van der Waals surface area contributed by atoms with Gasteiger partial charge in [0.05, 0.1) is 18.7 Å². The van der Waals surface area contributed by atoms with Crippen molar-refractivity contribution in [3.63, 3.8) is 0 Å². The molecule has 1 saturated carbocycles. The molecule has 1 aromatic heterocycles. The SMILES string of the molecule is CCNC(=NCC1(c2ccccc2OC)CC1)NCCc1nc(C(F)(F)F)cs1.I. The van der Waals surface area contributed by atoms with Crippen molar-refractivity contribution in [3.05, 3.63) is 45.9 Å². The highest BCUT2D eigenvalue weighted by atomic mass is 127. The second-order valence-corrected chi connectivity index (χ2v) is 7.92. The van der Waals surface area contributed by atoms with Crippen molar-refractivity contribution in [2.45, 2.75) is 37.8 Å². The highest BCUT2D eigenvalue weighted by molar-refractivity contribution is 14.0. The summed E-state index contributed by atoms with van der Waals surface area (Å²) in [4.78, 5) is 8.37. The van der Waals surface area contributed by atoms with Gasteiger partial charge in [0.2, 0.25) is 0 Å². The Kier molecular flexibility index (Phi) is 8.77. The lowest BCUT2D eigenvalue weighted by molar-refractivity contribution is -0.140. The predicted molar refractivity (Wildman–Crippen MR) is 124 cm³/mol. The topological polar surface area (TPSA) is 58.5 Å². The Morgan fingerprint density at radius 3 is 2.60 bits per heavy atom. The molecule has 0 atom stereocenters. The monoisotopic (exact) mass is 554 g/mol. The molecule has 0 aliphatic heterocycles. The maximum atomic E-state index is 12.7. The lowest BCUT2D eigenvalue weighted by atomic mass is 9.95. The van der Waals surface area contributed by atoms with Gasteiger partial charge in [0.25, 0.3) is 0 Å². The average Bonchev–Trinajstić information content (AvgIpc) is 3.33. The van der Waals surface area contributed by atoms with Crippen LogP contribution in [0.15, 0.2) is 34.6 Å². The number of guanidine groups is 1. The quantitative estimate of drug-likeness (QED) is 0.284. The van der Waals surface area contributed by atoms with E-state index in [1.807, 2.05) is 25.1 Å². The van der Waals surface area contributed by atoms with Crippen molar-refractivity contribution in [3.8, 4) is 5.75 Å². The number of hydrogen-bond acceptors (Lipinski definition) is 4. The summed E-state index contributed by atoms with van der Waals surface area (Å²) < 4.78 is 43.5. The number of aromatic nitrogens is 1. The van der Waals surface area contributed by atoms with E-state index in [9.17, 15) is 13.2 Å². The summed E-state index contributed by atoms with van der Waals surface area (Å²) >= 11 is 1.03. The fraction of sp³-hybridized carbons (Fsp3) is 0.500. The van der Waals surface area contributed by atoms with E-state index < -0.39 is 11.9 Å². The Balaban J connectivity index is 0.00000320. The molecule has 0 saturated heterocycles. The van der Waals surface area contributed by atoms with Crippen molar-refractivity contribution in [1.29, 1.82) is 0 Å². The summed E-state index contributed by atoms with van der Waals surface area (Å²) in [5, 5.41) is 7.89. The number of rotatable bonds is 8. The van der Waals surface area contributed by atoms with Crippen LogP contribution in [-0.4, -0.2) is 37.7 Å². The number of thiazole rings is 1. The summed E-state index contributed by atoms with van der Waals surface area (Å²) in [5.74, 6) is 1.53. The smallest absolute Gasteiger partial charge is 0.434 e. The molecule has 0 amide bonds. The second kappa shape index (κ2) is 10.7. The minimum Gasteiger partial charge on any atom is -0.496 e. The third kappa shape index (κ3) is 6.22. The van der Waals surface area contributed by atoms with Crippen LogP contribution in [0.25, 0.3) is 0 Å². The zero-order chi connectivity index (χ0) is 20.9. The van der Waals surface area contributed by atoms with Gasteiger partial charge >= 0.3 is 6.18 Å². The number of ether oxygens (including phenoxy) is 1. The molecule has 1 aliphatic carbocycles. The fourth-order valence-corrected chi connectivity index (χ4v) is 3.97. The summed E-state index contributed by atoms with van der Waals surface area (Å²) in [6, 6.07) is 8.01. The third-order valence-electron chi connectivity index (χ3n) is 4.89. The second-order valence-electron chi connectivity index (χ2n) is 6.98. The number of hydrogen-bond donors (Lipinski definition) is 2. The molecule has 0 unspecified atom stereocenters. The van der Waals surface area contributed by atoms with Crippen LogP contribution in [-0.2, 0) is 18.0 Å². The van der Waals surface area contributed by atoms with Crippen molar-refractivity contribution in [2.75, 3.05) is 26.7 Å². The molecule has 30 heavy (non-hydrogen) atoms. The van der Waals surface area contributed by atoms with Crippen LogP contribution in [0.5, 0.6) is 5.75 Å². The number of nitrogens with zero attached hydrogens (tertiary/aromatic N) is 2. The Labute approximate surface area is 195 Å². The maximum absolute atomic E-state index is 12.7. The number of aliphatic imine (C=N–C) groups is 1. The Hall–Kier alpha value is -1.56. The first-order valence-electron chi connectivity index (χ1n) is 9.55. The van der Waals surface area contributed by atoms with Gasteiger partial charge in [-0.05, 0) is 25.8 Å². The zero-order valence-electron chi connectivity index (χ0n) is 16.9. The van der Waals surface area contributed by atoms with Gasteiger partial charge in [0, 0.05) is 35.9 Å². The Morgan fingerprint density at radius 1 is 1.27 bits per heavy atom. The van der Waals surface area contributed by atoms with Gasteiger partial charge < -0.3 is 15.4 Å². The largest absolute Gasteiger partial charge is 0.496 e. The highest BCUT2D eigenvalue weighted by Gasteiger charge is 2.46. The normalized spacial score (nSPS) is 15.3. The van der Waals surface area contributed by atoms with E-state index in [1.165, 1.54) is 5.56 Å². The molecule has 2 N–H and O–H groups in total. The maximum Gasteiger partial charge on any atom is 0.434 e. The van der Waals surface area contributed by atoms with Gasteiger partial charge in [-0.25, -0.2) is 4.98 Å². The molecule has 1 heterocycles. The molecular formula is C20H26F3IN4OS. The first-order chi connectivity index (χ1) is 13.9. The van der Waals surface area contributed by atoms with Crippen LogP contribution >= 0.6 is 35.3 Å². The highest BCUT2D eigenvalue weighted by Crippen LogP contribution is 2.51. The average molecular weight is 554 g/mol. The summed E-state index contributed by atoms with van der Waals surface area (Å²) in [6.45, 7) is 3.75. The molecule has 0 spiro atoms. The summed E-state index contributed by atoms with van der Waals surface area (Å²) in [7, 11) is 1.67. The molecule has 2 aromatic rings. The molecule has 1 aliphatic rings. The Morgan fingerprint density at radius 2 is 2.00 bits per heavy atom. The number of benzene rings is 1. The van der Waals surface area contributed by atoms with E-state index >= 15 is 0 Å². The van der Waals surface area contributed by atoms with Crippen LogP contribution in [0.1, 0.15) is 36.0 Å². The van der Waals surface area contributed by atoms with Gasteiger partial charge in [-0.3, -0.25) is 4.99 Å². The molecule has 1 aromatic carbocycles. The van der Waals surface area contributed by atoms with Crippen molar-refractivity contribution >= 4 is 41.3 Å². The first kappa shape index (κ1) is 24.7. The van der Waals surface area contributed by atoms with Crippen LogP contribution in [0.3, 0.4) is 0 Å². The number of alkyl halides is 3. The molecule has 1 fully saturated rings. The van der Waals surface area contributed by atoms with E-state index in [-0.39, 0.29) is 29.4 Å². The fourth-order valence-electron chi connectivity index (χ4n) is 3.16. The molecule has 166 valence electrons. The van der Waals surface area contributed by atoms with E-state index in [0.717, 1.165) is 35.3 Å². The lowest BCUT2D eigenvalue weighted by Gasteiger charge is -2.18. The minimum absolute atomic E-state index is 0. The van der Waals surface area contributed by atoms with Gasteiger partial charge in [-0.2, -0.15) is 13.2 Å². The van der Waals surface area contributed by atoms with Crippen LogP contribution in [0, 0.1) is 0 Å². The van der Waals surface area contributed by atoms with Gasteiger partial charge in [0.15, 0.2) is 11.7 Å². The van der Waals surface area contributed by atoms with Crippen molar-refractivity contribution in [1.82, 2.24) is 15.6 Å². The van der Waals surface area contributed by atoms with Gasteiger partial charge in [-0.1, -0.05) is 18.2 Å². The number of nitrogens with one attached hydrogen (secondary N) is 2. The third-order valence-corrected chi connectivity index (χ3v) is 5.80. The molecule has 5 nitrogen and oxygen atoms in total. The zero-order valence-corrected chi connectivity index (χ0v) is 20.0. The number of halogens is 4. The Bertz CT molecular complexity index is 853. The molecule has 0 bridgehead atoms. The molecule has 3 rings (SSSR count). The molecule has 10 heteroatoms. The van der Waals surface area contributed by atoms with E-state index in [4.69, 9.17) is 9.73 Å². The molecular weight excluding hydrogens is 528 g/mol. The number of methoxy groups -OCH3 is 1. The van der Waals surface area contributed by atoms with Gasteiger partial charge in [0.1, 0.15) is 5.75 Å². The number of para-hydroxylation sites is 1. The van der Waals surface area contributed by atoms with E-state index in [0.29, 0.717) is 37.0 Å². The van der Waals surface area contributed by atoms with E-state index in [1.54, 1.807) is 7.11 Å². The van der Waals surface area contributed by atoms with Crippen LogP contribution in [0.2, 0.25) is 0 Å². The van der Waals surface area contributed by atoms with Crippen molar-refractivity contribution in [2.24, 2.45) is 4.99 Å². The van der Waals surface area contributed by atoms with Crippen LogP contribution in [0.4, 0.5) is 13.2 Å². The predicted octanol–water partition coefficient (Wildman–Crippen LogP) is 4.62. The van der Waals surface area contributed by atoms with Crippen LogP contribution < -0.4 is 15.4 Å². The minimum atomic E-state index is -4.39. The molecule has 0 radical (unpaired) electrons. The van der Waals surface area contributed by atoms with E-state index in [2.05, 4.69) is 21.7 Å². The lowest BCUT2D eigenvalue weighted by Crippen LogP contribution is -2.39. The van der Waals surface area contributed by atoms with Crippen molar-refractivity contribution < 1.29 is 17.9 Å². The first-order valence-corrected chi connectivity index (χ1v) is 10.4. The standard InChI is InChI=1S/C20H25F3N4OS.HI/c1-3-24-18(25-11-8-17-27-16(12-29-17)20(21,22)23)26-13-19(9-10-19)14-6-4-5-7-15(14)28-2;/h4-7,12H,3,8-11,13H2,1-2H3,(H2,24,25,26);1H. The summed E-state index contributed by atoms with van der Waals surface area (Å²) in [6.07, 6.45) is -1.89. The van der Waals surface area contributed by atoms with Gasteiger partial charge in [-0.15, -0.1) is 35.3 Å².